The average Bonchev–Trinajstić information content (AvgIpc) is 1.54. The van der Waals surface area contributed by atoms with Crippen molar-refractivity contribution in [1.82, 2.24) is 9.13 Å². The predicted molar refractivity (Wildman–Crippen MR) is 419 cm³/mol. The Bertz CT molecular complexity index is 4400. The molecule has 0 saturated carbocycles. The second kappa shape index (κ2) is 30.6. The number of aryl methyl sites for hydroxylation is 18. The summed E-state index contributed by atoms with van der Waals surface area (Å²) < 4.78 is 9.37. The summed E-state index contributed by atoms with van der Waals surface area (Å²) in [5.74, 6) is 0. The lowest BCUT2D eigenvalue weighted by molar-refractivity contribution is -0.581. The van der Waals surface area contributed by atoms with Crippen LogP contribution in [0, 0.1) is 137 Å². The van der Waals surface area contributed by atoms with Gasteiger partial charge in [0, 0.05) is 23.7 Å². The summed E-state index contributed by atoms with van der Waals surface area (Å²) >= 11 is 0. The van der Waals surface area contributed by atoms with Crippen LogP contribution in [0.15, 0.2) is 243 Å². The van der Waals surface area contributed by atoms with E-state index in [-0.39, 0.29) is 11.3 Å². The SMILES string of the molecule is Cc1cc(C)c(-n2[c-][n+](-c3c(C)cc(C)cc3C)c(P(c3c(C)cc(C)cc3C)C(c3ccccc3)c3ccccc3)c2)c(C)c1.Cc1cc(C)c(-n2[c-][n+](-c3c(C)cc(C)cc3C)c(P(c3c(C)cc(C)cc3C)C(c3ccccc3)c3ccccc3)c2)c(C)c1.c1ccccc1. The van der Waals surface area contributed by atoms with Crippen LogP contribution in [0.25, 0.3) is 22.7 Å². The molecule has 2 heterocycles. The zero-order valence-corrected chi connectivity index (χ0v) is 62.7. The molecule has 2 atom stereocenters. The average molecular weight is 1320 g/mol. The number of hydrogen-bond donors (Lipinski definition) is 0. The van der Waals surface area contributed by atoms with E-state index in [4.69, 9.17) is 0 Å². The minimum Gasteiger partial charge on any atom is -0.298 e. The molecule has 0 N–H and O–H groups in total. The van der Waals surface area contributed by atoms with Crippen molar-refractivity contribution in [3.8, 4) is 22.7 Å². The third-order valence-corrected chi connectivity index (χ3v) is 24.9. The van der Waals surface area contributed by atoms with Crippen LogP contribution in [0.4, 0.5) is 0 Å². The molecule has 494 valence electrons. The summed E-state index contributed by atoms with van der Waals surface area (Å²) in [6, 6.07) is 84.4. The zero-order chi connectivity index (χ0) is 69.6. The van der Waals surface area contributed by atoms with E-state index in [1.54, 1.807) is 0 Å². The van der Waals surface area contributed by atoms with Crippen molar-refractivity contribution in [3.63, 3.8) is 0 Å². The Morgan fingerprint density at radius 2 is 0.449 bits per heavy atom. The van der Waals surface area contributed by atoms with Crippen LogP contribution >= 0.6 is 15.8 Å². The van der Waals surface area contributed by atoms with Crippen LogP contribution < -0.4 is 30.6 Å². The lowest BCUT2D eigenvalue weighted by Crippen LogP contribution is -2.47. The minimum absolute atomic E-state index is 0.138. The second-order valence-corrected chi connectivity index (χ2v) is 31.7. The number of aromatic nitrogens is 4. The van der Waals surface area contributed by atoms with Crippen LogP contribution in [0.2, 0.25) is 0 Å². The molecule has 11 aromatic carbocycles. The molecule has 0 bridgehead atoms. The molecule has 0 aliphatic rings. The van der Waals surface area contributed by atoms with E-state index in [9.17, 15) is 0 Å². The highest BCUT2D eigenvalue weighted by Crippen LogP contribution is 2.56. The van der Waals surface area contributed by atoms with E-state index in [0.29, 0.717) is 0 Å². The first-order chi connectivity index (χ1) is 47.1. The van der Waals surface area contributed by atoms with Crippen molar-refractivity contribution in [2.24, 2.45) is 0 Å². The predicted octanol–water partition coefficient (Wildman–Crippen LogP) is 20.8. The van der Waals surface area contributed by atoms with E-state index in [2.05, 4.69) is 362 Å². The molecule has 98 heavy (non-hydrogen) atoms. The number of benzene rings is 11. The highest BCUT2D eigenvalue weighted by molar-refractivity contribution is 7.73. The van der Waals surface area contributed by atoms with Gasteiger partial charge in [-0.1, -0.05) is 264 Å². The van der Waals surface area contributed by atoms with Gasteiger partial charge in [-0.2, -0.15) is 0 Å². The molecule has 2 aromatic heterocycles. The Hall–Kier alpha value is -9.30. The van der Waals surface area contributed by atoms with Crippen LogP contribution in [-0.4, -0.2) is 9.13 Å². The molecular weight excluding hydrogens is 1220 g/mol. The molecule has 0 amide bonds. The number of hydrogen-bond acceptors (Lipinski definition) is 0. The first-order valence-corrected chi connectivity index (χ1v) is 37.3. The van der Waals surface area contributed by atoms with Crippen molar-refractivity contribution < 1.29 is 9.13 Å². The molecular formula is C92H96N4P2. The van der Waals surface area contributed by atoms with Gasteiger partial charge in [-0.3, -0.25) is 18.3 Å². The van der Waals surface area contributed by atoms with Gasteiger partial charge in [0.05, 0.1) is 33.6 Å². The zero-order valence-electron chi connectivity index (χ0n) is 60.9. The smallest absolute Gasteiger partial charge is 0.269 e. The Morgan fingerprint density at radius 3 is 0.673 bits per heavy atom. The molecule has 0 fully saturated rings. The largest absolute Gasteiger partial charge is 0.298 e. The lowest BCUT2D eigenvalue weighted by Gasteiger charge is -2.33. The van der Waals surface area contributed by atoms with Crippen molar-refractivity contribution in [1.29, 1.82) is 0 Å². The van der Waals surface area contributed by atoms with Crippen molar-refractivity contribution in [2.45, 2.75) is 136 Å². The Labute approximate surface area is 588 Å². The second-order valence-electron chi connectivity index (χ2n) is 27.4. The van der Waals surface area contributed by atoms with E-state index >= 15 is 0 Å². The van der Waals surface area contributed by atoms with Crippen molar-refractivity contribution >= 4 is 37.3 Å². The summed E-state index contributed by atoms with van der Waals surface area (Å²) in [5.41, 5.74) is 36.2. The van der Waals surface area contributed by atoms with Crippen LogP contribution in [0.3, 0.4) is 0 Å². The van der Waals surface area contributed by atoms with Gasteiger partial charge in [-0.25, -0.2) is 0 Å². The van der Waals surface area contributed by atoms with Crippen molar-refractivity contribution in [3.05, 3.63) is 378 Å². The molecule has 4 nitrogen and oxygen atoms in total. The quantitative estimate of drug-likeness (QED) is 0.0587. The fourth-order valence-electron chi connectivity index (χ4n) is 15.5. The first-order valence-electron chi connectivity index (χ1n) is 34.5. The van der Waals surface area contributed by atoms with Gasteiger partial charge in [-0.05, 0) is 240 Å². The molecule has 0 aliphatic heterocycles. The highest BCUT2D eigenvalue weighted by atomic mass is 31.1. The summed E-state index contributed by atoms with van der Waals surface area (Å²) in [6.45, 7) is 40.3. The first kappa shape index (κ1) is 70.0. The molecule has 2 unspecified atom stereocenters. The summed E-state index contributed by atoms with van der Waals surface area (Å²) in [6.07, 6.45) is 12.6. The van der Waals surface area contributed by atoms with Crippen LogP contribution in [0.1, 0.15) is 134 Å². The molecule has 13 rings (SSSR count). The molecule has 6 heteroatoms. The van der Waals surface area contributed by atoms with Gasteiger partial charge >= 0.3 is 0 Å². The molecule has 0 aliphatic carbocycles. The fourth-order valence-corrected chi connectivity index (χ4v) is 21.9. The van der Waals surface area contributed by atoms with E-state index in [1.807, 2.05) is 36.4 Å². The Balaban J connectivity index is 0.000000182. The number of imidazole rings is 2. The Kier molecular flexibility index (Phi) is 21.9. The monoisotopic (exact) mass is 1320 g/mol. The lowest BCUT2D eigenvalue weighted by atomic mass is 10.0. The molecule has 0 spiro atoms. The van der Waals surface area contributed by atoms with Gasteiger partial charge in [0.15, 0.2) is 0 Å². The third kappa shape index (κ3) is 15.2. The standard InChI is InChI=1S/2C43H45N2P.C6H6/c2*1-28-20-31(4)40(32(5)21-28)44-26-39(45(27-44)41-33(6)22-29(2)23-34(41)7)46(42-35(8)24-30(3)25-36(42)9)43(37-16-12-10-13-17-37)38-18-14-11-15-19-38;1-2-4-6-5-3-1/h2*10-26,43H,1-9H3;1-6H. The van der Waals surface area contributed by atoms with E-state index in [1.165, 1.54) is 167 Å². The third-order valence-electron chi connectivity index (χ3n) is 18.7. The van der Waals surface area contributed by atoms with E-state index in [0.717, 1.165) is 0 Å². The fraction of sp³-hybridized carbons (Fsp3) is 0.217. The van der Waals surface area contributed by atoms with Gasteiger partial charge in [0.25, 0.3) is 12.7 Å². The topological polar surface area (TPSA) is 17.6 Å². The maximum absolute atomic E-state index is 3.92. The van der Waals surface area contributed by atoms with Gasteiger partial charge < -0.3 is 0 Å². The van der Waals surface area contributed by atoms with Gasteiger partial charge in [-0.15, -0.1) is 0 Å². The summed E-state index contributed by atoms with van der Waals surface area (Å²) in [4.78, 5) is 0. The number of nitrogens with zero attached hydrogens (tertiary/aromatic N) is 4. The normalized spacial score (nSPS) is 11.9. The minimum atomic E-state index is -0.982. The molecule has 0 radical (unpaired) electrons. The molecule has 13 aromatic rings. The maximum Gasteiger partial charge on any atom is 0.269 e. The van der Waals surface area contributed by atoms with Crippen molar-refractivity contribution in [2.75, 3.05) is 0 Å². The van der Waals surface area contributed by atoms with Gasteiger partial charge in [0.2, 0.25) is 0 Å². The maximum atomic E-state index is 3.92. The highest BCUT2D eigenvalue weighted by Gasteiger charge is 2.36. The molecule has 0 saturated heterocycles. The Morgan fingerprint density at radius 1 is 0.255 bits per heavy atom. The summed E-state index contributed by atoms with van der Waals surface area (Å²) in [5, 5.41) is 2.89. The van der Waals surface area contributed by atoms with Crippen LogP contribution in [0.5, 0.6) is 0 Å². The van der Waals surface area contributed by atoms with Crippen LogP contribution in [-0.2, 0) is 0 Å². The van der Waals surface area contributed by atoms with Gasteiger partial charge in [0.1, 0.15) is 0 Å². The van der Waals surface area contributed by atoms with E-state index < -0.39 is 15.8 Å². The summed E-state index contributed by atoms with van der Waals surface area (Å²) in [7, 11) is -1.96. The number of rotatable bonds is 14.